The Balaban J connectivity index is 2.20. The van der Waals surface area contributed by atoms with E-state index in [4.69, 9.17) is 5.73 Å². The molecule has 0 fully saturated rings. The van der Waals surface area contributed by atoms with Crippen LogP contribution >= 0.6 is 31.9 Å². The van der Waals surface area contributed by atoms with E-state index in [2.05, 4.69) is 42.3 Å². The highest BCUT2D eigenvalue weighted by Crippen LogP contribution is 2.32. The molecule has 2 rings (SSSR count). The van der Waals surface area contributed by atoms with Crippen LogP contribution in [0.1, 0.15) is 17.2 Å². The van der Waals surface area contributed by atoms with Crippen LogP contribution in [-0.4, -0.2) is 15.7 Å². The summed E-state index contributed by atoms with van der Waals surface area (Å²) in [4.78, 5) is 12.2. The van der Waals surface area contributed by atoms with Gasteiger partial charge in [-0.25, -0.2) is 0 Å². The van der Waals surface area contributed by atoms with Crippen LogP contribution in [-0.2, 0) is 11.8 Å². The highest BCUT2D eigenvalue weighted by molar-refractivity contribution is 9.11. The van der Waals surface area contributed by atoms with Gasteiger partial charge in [0.05, 0.1) is 11.9 Å². The van der Waals surface area contributed by atoms with Crippen LogP contribution in [0, 0.1) is 6.92 Å². The summed E-state index contributed by atoms with van der Waals surface area (Å²) in [6.07, 6.45) is 3.31. The Morgan fingerprint density at radius 1 is 1.40 bits per heavy atom. The zero-order valence-corrected chi connectivity index (χ0v) is 14.2. The number of rotatable bonds is 3. The third-order valence-electron chi connectivity index (χ3n) is 2.80. The number of hydrogen-bond donors (Lipinski definition) is 2. The van der Waals surface area contributed by atoms with Crippen LogP contribution in [0.5, 0.6) is 0 Å². The van der Waals surface area contributed by atoms with E-state index in [0.717, 1.165) is 14.5 Å². The van der Waals surface area contributed by atoms with E-state index in [1.165, 1.54) is 0 Å². The summed E-state index contributed by atoms with van der Waals surface area (Å²) >= 11 is 6.87. The average Bonchev–Trinajstić information content (AvgIpc) is 2.79. The number of benzene rings is 1. The standard InChI is InChI=1S/C13H14Br2N4O/c1-7-3-9(14)12(10(15)4-7)18-13(20)11(16)8-5-17-19(2)6-8/h3-6,11H,16H2,1-2H3,(H,18,20). The van der Waals surface area contributed by atoms with Crippen molar-refractivity contribution in [3.8, 4) is 0 Å². The van der Waals surface area contributed by atoms with Gasteiger partial charge in [-0.05, 0) is 56.5 Å². The van der Waals surface area contributed by atoms with Gasteiger partial charge in [-0.1, -0.05) is 0 Å². The molecule has 1 aromatic heterocycles. The van der Waals surface area contributed by atoms with Crippen molar-refractivity contribution in [2.24, 2.45) is 12.8 Å². The molecule has 0 radical (unpaired) electrons. The van der Waals surface area contributed by atoms with Crippen molar-refractivity contribution < 1.29 is 4.79 Å². The van der Waals surface area contributed by atoms with Crippen molar-refractivity contribution >= 4 is 43.5 Å². The number of carbonyl (C=O) groups is 1. The van der Waals surface area contributed by atoms with Crippen molar-refractivity contribution in [3.05, 3.63) is 44.6 Å². The van der Waals surface area contributed by atoms with Gasteiger partial charge in [0, 0.05) is 27.8 Å². The first-order valence-electron chi connectivity index (χ1n) is 5.89. The second-order valence-electron chi connectivity index (χ2n) is 4.52. The summed E-state index contributed by atoms with van der Waals surface area (Å²) in [7, 11) is 1.78. The summed E-state index contributed by atoms with van der Waals surface area (Å²) in [6.45, 7) is 1.97. The van der Waals surface area contributed by atoms with Gasteiger partial charge in [0.15, 0.2) is 0 Å². The van der Waals surface area contributed by atoms with Gasteiger partial charge in [-0.15, -0.1) is 0 Å². The molecule has 1 aromatic carbocycles. The third-order valence-corrected chi connectivity index (χ3v) is 4.05. The monoisotopic (exact) mass is 400 g/mol. The molecule has 0 spiro atoms. The Morgan fingerprint density at radius 3 is 2.50 bits per heavy atom. The first kappa shape index (κ1) is 15.2. The molecule has 3 N–H and O–H groups in total. The van der Waals surface area contributed by atoms with E-state index < -0.39 is 6.04 Å². The Hall–Kier alpha value is -1.18. The van der Waals surface area contributed by atoms with Gasteiger partial charge >= 0.3 is 0 Å². The number of nitrogens with zero attached hydrogens (tertiary/aromatic N) is 2. The van der Waals surface area contributed by atoms with Crippen molar-refractivity contribution in [2.75, 3.05) is 5.32 Å². The second kappa shape index (κ2) is 6.07. The molecule has 106 valence electrons. The van der Waals surface area contributed by atoms with Gasteiger partial charge in [-0.3, -0.25) is 9.48 Å². The topological polar surface area (TPSA) is 72.9 Å². The quantitative estimate of drug-likeness (QED) is 0.830. The van der Waals surface area contributed by atoms with Crippen LogP contribution in [0.2, 0.25) is 0 Å². The van der Waals surface area contributed by atoms with E-state index in [0.29, 0.717) is 11.3 Å². The summed E-state index contributed by atoms with van der Waals surface area (Å²) in [5, 5.41) is 6.83. The Morgan fingerprint density at radius 2 is 2.00 bits per heavy atom. The van der Waals surface area contributed by atoms with E-state index in [1.807, 2.05) is 19.1 Å². The molecule has 0 aliphatic heterocycles. The Bertz CT molecular complexity index is 631. The van der Waals surface area contributed by atoms with E-state index in [1.54, 1.807) is 24.1 Å². The van der Waals surface area contributed by atoms with Gasteiger partial charge in [0.25, 0.3) is 0 Å². The first-order valence-corrected chi connectivity index (χ1v) is 7.47. The zero-order valence-electron chi connectivity index (χ0n) is 11.0. The number of hydrogen-bond acceptors (Lipinski definition) is 3. The second-order valence-corrected chi connectivity index (χ2v) is 6.23. The minimum absolute atomic E-state index is 0.289. The maximum atomic E-state index is 12.2. The van der Waals surface area contributed by atoms with Crippen LogP contribution in [0.4, 0.5) is 5.69 Å². The van der Waals surface area contributed by atoms with Crippen LogP contribution < -0.4 is 11.1 Å². The number of nitrogens with two attached hydrogens (primary N) is 1. The van der Waals surface area contributed by atoms with Crippen LogP contribution in [0.15, 0.2) is 33.5 Å². The maximum Gasteiger partial charge on any atom is 0.246 e. The van der Waals surface area contributed by atoms with Crippen molar-refractivity contribution in [1.29, 1.82) is 0 Å². The lowest BCUT2D eigenvalue weighted by Gasteiger charge is -2.14. The normalized spacial score (nSPS) is 12.2. The number of nitrogens with one attached hydrogen (secondary N) is 1. The fraction of sp³-hybridized carbons (Fsp3) is 0.231. The lowest BCUT2D eigenvalue weighted by Crippen LogP contribution is -2.27. The van der Waals surface area contributed by atoms with Crippen molar-refractivity contribution in [2.45, 2.75) is 13.0 Å². The van der Waals surface area contributed by atoms with Crippen molar-refractivity contribution in [1.82, 2.24) is 9.78 Å². The molecule has 1 atom stereocenters. The molecule has 0 saturated carbocycles. The molecular weight excluding hydrogens is 388 g/mol. The first-order chi connectivity index (χ1) is 9.38. The molecule has 0 bridgehead atoms. The van der Waals surface area contributed by atoms with Crippen LogP contribution in [0.3, 0.4) is 0 Å². The average molecular weight is 402 g/mol. The van der Waals surface area contributed by atoms with Gasteiger partial charge in [0.2, 0.25) is 5.91 Å². The predicted octanol–water partition coefficient (Wildman–Crippen LogP) is 2.89. The number of carbonyl (C=O) groups excluding carboxylic acids is 1. The molecule has 1 unspecified atom stereocenters. The zero-order chi connectivity index (χ0) is 14.9. The summed E-state index contributed by atoms with van der Waals surface area (Å²) in [5.41, 5.74) is 8.35. The van der Waals surface area contributed by atoms with E-state index >= 15 is 0 Å². The molecule has 20 heavy (non-hydrogen) atoms. The van der Waals surface area contributed by atoms with Gasteiger partial charge in [0.1, 0.15) is 6.04 Å². The predicted molar refractivity (Wildman–Crippen MR) is 85.3 cm³/mol. The van der Waals surface area contributed by atoms with E-state index in [-0.39, 0.29) is 5.91 Å². The molecule has 0 saturated heterocycles. The Labute approximate surface area is 133 Å². The molecule has 7 heteroatoms. The molecule has 5 nitrogen and oxygen atoms in total. The third kappa shape index (κ3) is 3.28. The minimum Gasteiger partial charge on any atom is -0.322 e. The van der Waals surface area contributed by atoms with Gasteiger partial charge in [-0.2, -0.15) is 5.10 Å². The fourth-order valence-corrected chi connectivity index (χ4v) is 3.39. The van der Waals surface area contributed by atoms with Crippen LogP contribution in [0.25, 0.3) is 0 Å². The summed E-state index contributed by atoms with van der Waals surface area (Å²) in [5.74, 6) is -0.289. The highest BCUT2D eigenvalue weighted by atomic mass is 79.9. The lowest BCUT2D eigenvalue weighted by molar-refractivity contribution is -0.117. The number of amides is 1. The summed E-state index contributed by atoms with van der Waals surface area (Å²) < 4.78 is 3.22. The molecule has 1 heterocycles. The molecular formula is C13H14Br2N4O. The largest absolute Gasteiger partial charge is 0.322 e. The van der Waals surface area contributed by atoms with Gasteiger partial charge < -0.3 is 11.1 Å². The fourth-order valence-electron chi connectivity index (χ4n) is 1.77. The lowest BCUT2D eigenvalue weighted by atomic mass is 10.1. The maximum absolute atomic E-state index is 12.2. The summed E-state index contributed by atoms with van der Waals surface area (Å²) in [6, 6.07) is 3.09. The number of anilines is 1. The number of aromatic nitrogens is 2. The van der Waals surface area contributed by atoms with Crippen molar-refractivity contribution in [3.63, 3.8) is 0 Å². The highest BCUT2D eigenvalue weighted by Gasteiger charge is 2.19. The smallest absolute Gasteiger partial charge is 0.246 e. The molecule has 0 aliphatic carbocycles. The molecule has 1 amide bonds. The number of aryl methyl sites for hydroxylation is 2. The Kier molecular flexibility index (Phi) is 4.62. The molecule has 2 aromatic rings. The molecule has 0 aliphatic rings. The van der Waals surface area contributed by atoms with E-state index in [9.17, 15) is 4.79 Å². The SMILES string of the molecule is Cc1cc(Br)c(NC(=O)C(N)c2cnn(C)c2)c(Br)c1. The number of halogens is 2. The minimum atomic E-state index is -0.760.